The van der Waals surface area contributed by atoms with E-state index in [2.05, 4.69) is 27.1 Å². The van der Waals surface area contributed by atoms with E-state index < -0.39 is 0 Å². The van der Waals surface area contributed by atoms with E-state index in [4.69, 9.17) is 4.74 Å². The predicted octanol–water partition coefficient (Wildman–Crippen LogP) is 3.16. The van der Waals surface area contributed by atoms with Crippen LogP contribution < -0.4 is 10.1 Å². The minimum atomic E-state index is -0.0810. The second-order valence-corrected chi connectivity index (χ2v) is 7.18. The Balaban J connectivity index is 1.45. The Morgan fingerprint density at radius 1 is 1.29 bits per heavy atom. The molecule has 1 aromatic heterocycles. The van der Waals surface area contributed by atoms with Crippen molar-refractivity contribution in [2.45, 2.75) is 12.8 Å². The SMILES string of the molecule is COc1ccc(-c2nnsc2C(=O)NC[C@@H]2C[C@H]3C=C[C@@H]2C3)cc1. The van der Waals surface area contributed by atoms with Gasteiger partial charge < -0.3 is 10.1 Å². The van der Waals surface area contributed by atoms with Crippen molar-refractivity contribution in [2.75, 3.05) is 13.7 Å². The first-order valence-electron chi connectivity index (χ1n) is 8.18. The van der Waals surface area contributed by atoms with Gasteiger partial charge in [-0.3, -0.25) is 4.79 Å². The summed E-state index contributed by atoms with van der Waals surface area (Å²) in [5, 5.41) is 7.21. The lowest BCUT2D eigenvalue weighted by Gasteiger charge is -2.18. The zero-order valence-corrected chi connectivity index (χ0v) is 14.3. The molecule has 1 saturated carbocycles. The summed E-state index contributed by atoms with van der Waals surface area (Å²) in [4.78, 5) is 13.1. The van der Waals surface area contributed by atoms with Gasteiger partial charge in [-0.05, 0) is 66.4 Å². The van der Waals surface area contributed by atoms with E-state index in [0.29, 0.717) is 22.4 Å². The summed E-state index contributed by atoms with van der Waals surface area (Å²) in [5.41, 5.74) is 1.51. The van der Waals surface area contributed by atoms with Crippen molar-refractivity contribution in [3.8, 4) is 17.0 Å². The third-order valence-electron chi connectivity index (χ3n) is 5.00. The highest BCUT2D eigenvalue weighted by Crippen LogP contribution is 2.43. The molecule has 0 unspecified atom stereocenters. The smallest absolute Gasteiger partial charge is 0.265 e. The molecule has 2 aliphatic carbocycles. The van der Waals surface area contributed by atoms with Gasteiger partial charge in [-0.25, -0.2) is 0 Å². The number of methoxy groups -OCH3 is 1. The van der Waals surface area contributed by atoms with E-state index in [9.17, 15) is 4.79 Å². The monoisotopic (exact) mass is 341 g/mol. The second-order valence-electron chi connectivity index (χ2n) is 6.43. The third-order valence-corrected chi connectivity index (χ3v) is 5.72. The van der Waals surface area contributed by atoms with E-state index in [-0.39, 0.29) is 5.91 Å². The van der Waals surface area contributed by atoms with Crippen LogP contribution in [0.5, 0.6) is 5.75 Å². The molecule has 2 aromatic rings. The van der Waals surface area contributed by atoms with Gasteiger partial charge in [0.15, 0.2) is 0 Å². The van der Waals surface area contributed by atoms with E-state index in [1.54, 1.807) is 7.11 Å². The second kappa shape index (κ2) is 6.36. The molecule has 3 atom stereocenters. The Labute approximate surface area is 144 Å². The number of carbonyl (C=O) groups is 1. The first-order chi connectivity index (χ1) is 11.7. The molecule has 0 spiro atoms. The Bertz CT molecular complexity index is 769. The normalized spacial score (nSPS) is 24.3. The highest BCUT2D eigenvalue weighted by molar-refractivity contribution is 7.08. The van der Waals surface area contributed by atoms with Crippen molar-refractivity contribution < 1.29 is 9.53 Å². The fourth-order valence-corrected chi connectivity index (χ4v) is 4.32. The summed E-state index contributed by atoms with van der Waals surface area (Å²) < 4.78 is 9.13. The molecule has 1 amide bonds. The van der Waals surface area contributed by atoms with Crippen molar-refractivity contribution in [2.24, 2.45) is 17.8 Å². The molecule has 5 nitrogen and oxygen atoms in total. The Kier molecular flexibility index (Phi) is 4.06. The first-order valence-corrected chi connectivity index (χ1v) is 8.95. The van der Waals surface area contributed by atoms with Crippen LogP contribution >= 0.6 is 11.5 Å². The van der Waals surface area contributed by atoms with Crippen LogP contribution in [0.2, 0.25) is 0 Å². The largest absolute Gasteiger partial charge is 0.497 e. The van der Waals surface area contributed by atoms with Crippen LogP contribution in [0.1, 0.15) is 22.5 Å². The zero-order valence-electron chi connectivity index (χ0n) is 13.4. The molecular formula is C18H19N3O2S. The topological polar surface area (TPSA) is 64.1 Å². The molecule has 0 saturated heterocycles. The van der Waals surface area contributed by atoms with E-state index >= 15 is 0 Å². The lowest BCUT2D eigenvalue weighted by Crippen LogP contribution is -2.30. The van der Waals surface area contributed by atoms with Gasteiger partial charge in [0, 0.05) is 12.1 Å². The average Bonchev–Trinajstić information content (AvgIpc) is 3.35. The van der Waals surface area contributed by atoms with Crippen LogP contribution in [0.3, 0.4) is 0 Å². The molecule has 2 aliphatic rings. The van der Waals surface area contributed by atoms with Crippen LogP contribution in [-0.4, -0.2) is 29.1 Å². The maximum atomic E-state index is 12.6. The summed E-state index contributed by atoms with van der Waals surface area (Å²) in [7, 11) is 1.63. The van der Waals surface area contributed by atoms with Gasteiger partial charge in [0.1, 0.15) is 16.3 Å². The lowest BCUT2D eigenvalue weighted by atomic mass is 9.93. The van der Waals surface area contributed by atoms with Crippen LogP contribution in [0.4, 0.5) is 0 Å². The molecular weight excluding hydrogens is 322 g/mol. The van der Waals surface area contributed by atoms with Gasteiger partial charge in [0.05, 0.1) is 7.11 Å². The Morgan fingerprint density at radius 2 is 2.12 bits per heavy atom. The maximum absolute atomic E-state index is 12.6. The average molecular weight is 341 g/mol. The number of fused-ring (bicyclic) bond motifs is 2. The van der Waals surface area contributed by atoms with Crippen LogP contribution in [0.25, 0.3) is 11.3 Å². The molecule has 1 aromatic carbocycles. The maximum Gasteiger partial charge on any atom is 0.265 e. The number of nitrogens with one attached hydrogen (secondary N) is 1. The summed E-state index contributed by atoms with van der Waals surface area (Å²) in [6.07, 6.45) is 7.06. The number of amides is 1. The summed E-state index contributed by atoms with van der Waals surface area (Å²) >= 11 is 1.14. The molecule has 1 fully saturated rings. The molecule has 1 heterocycles. The van der Waals surface area contributed by atoms with Gasteiger partial charge in [-0.1, -0.05) is 16.6 Å². The molecule has 6 heteroatoms. The zero-order chi connectivity index (χ0) is 16.5. The number of hydrogen-bond donors (Lipinski definition) is 1. The summed E-state index contributed by atoms with van der Waals surface area (Å²) in [6, 6.07) is 7.51. The van der Waals surface area contributed by atoms with E-state index in [1.165, 1.54) is 12.8 Å². The number of carbonyl (C=O) groups excluding carboxylic acids is 1. The number of aromatic nitrogens is 2. The number of ether oxygens (including phenoxy) is 1. The van der Waals surface area contributed by atoms with Crippen LogP contribution in [-0.2, 0) is 0 Å². The minimum Gasteiger partial charge on any atom is -0.497 e. The summed E-state index contributed by atoms with van der Waals surface area (Å²) in [6.45, 7) is 0.726. The van der Waals surface area contributed by atoms with Gasteiger partial charge in [0.25, 0.3) is 5.91 Å². The quantitative estimate of drug-likeness (QED) is 0.849. The molecule has 2 bridgehead atoms. The van der Waals surface area contributed by atoms with Gasteiger partial charge in [-0.2, -0.15) is 0 Å². The summed E-state index contributed by atoms with van der Waals surface area (Å²) in [5.74, 6) is 2.61. The van der Waals surface area contributed by atoms with Gasteiger partial charge >= 0.3 is 0 Å². The van der Waals surface area contributed by atoms with Crippen molar-refractivity contribution in [3.63, 3.8) is 0 Å². The minimum absolute atomic E-state index is 0.0810. The van der Waals surface area contributed by atoms with Gasteiger partial charge in [0.2, 0.25) is 0 Å². The highest BCUT2D eigenvalue weighted by atomic mass is 32.1. The molecule has 4 rings (SSSR count). The highest BCUT2D eigenvalue weighted by Gasteiger charge is 2.35. The van der Waals surface area contributed by atoms with Gasteiger partial charge in [-0.15, -0.1) is 5.10 Å². The molecule has 1 N–H and O–H groups in total. The van der Waals surface area contributed by atoms with E-state index in [1.807, 2.05) is 24.3 Å². The fraction of sp³-hybridized carbons (Fsp3) is 0.389. The molecule has 0 aliphatic heterocycles. The van der Waals surface area contributed by atoms with Crippen LogP contribution in [0, 0.1) is 17.8 Å². The Morgan fingerprint density at radius 3 is 2.79 bits per heavy atom. The number of rotatable bonds is 5. The van der Waals surface area contributed by atoms with Crippen molar-refractivity contribution >= 4 is 17.4 Å². The molecule has 0 radical (unpaired) electrons. The third kappa shape index (κ3) is 2.82. The number of nitrogens with zero attached hydrogens (tertiary/aromatic N) is 2. The van der Waals surface area contributed by atoms with Crippen molar-refractivity contribution in [3.05, 3.63) is 41.3 Å². The standard InChI is InChI=1S/C18H19N3O2S/c1-23-15-6-4-12(5-7-15)16-17(24-21-20-16)18(22)19-10-14-9-11-2-3-13(14)8-11/h2-7,11,13-14H,8-10H2,1H3,(H,19,22)/t11-,13+,14-/m0/s1. The molecule has 24 heavy (non-hydrogen) atoms. The van der Waals surface area contributed by atoms with E-state index in [0.717, 1.165) is 35.3 Å². The number of hydrogen-bond acceptors (Lipinski definition) is 5. The fourth-order valence-electron chi connectivity index (χ4n) is 3.71. The predicted molar refractivity (Wildman–Crippen MR) is 93.1 cm³/mol. The Hall–Kier alpha value is -2.21. The van der Waals surface area contributed by atoms with Crippen molar-refractivity contribution in [1.82, 2.24) is 14.9 Å². The van der Waals surface area contributed by atoms with Crippen LogP contribution in [0.15, 0.2) is 36.4 Å². The lowest BCUT2D eigenvalue weighted by molar-refractivity contribution is 0.0949. The molecule has 124 valence electrons. The van der Waals surface area contributed by atoms with Crippen molar-refractivity contribution in [1.29, 1.82) is 0 Å². The number of benzene rings is 1. The first kappa shape index (κ1) is 15.3. The number of allylic oxidation sites excluding steroid dienone is 2.